The Bertz CT molecular complexity index is 618. The van der Waals surface area contributed by atoms with E-state index in [1.165, 1.54) is 6.92 Å². The van der Waals surface area contributed by atoms with E-state index < -0.39 is 51.0 Å². The zero-order valence-electron chi connectivity index (χ0n) is 10.8. The molecule has 0 heterocycles. The lowest BCUT2D eigenvalue weighted by Gasteiger charge is -2.16. The maximum absolute atomic E-state index is 13.1. The van der Waals surface area contributed by atoms with Crippen LogP contribution in [0.25, 0.3) is 0 Å². The van der Waals surface area contributed by atoms with Gasteiger partial charge >= 0.3 is 17.7 Å². The lowest BCUT2D eigenvalue weighted by molar-refractivity contribution is -0.138. The van der Waals surface area contributed by atoms with Gasteiger partial charge in [-0.25, -0.2) is 4.79 Å². The maximum Gasteiger partial charge on any atom is 0.446 e. The number of halogens is 6. The van der Waals surface area contributed by atoms with Crippen molar-refractivity contribution in [1.29, 1.82) is 5.26 Å². The molecule has 0 aliphatic rings. The van der Waals surface area contributed by atoms with Gasteiger partial charge in [0.2, 0.25) is 0 Å². The monoisotopic (exact) mass is 343 g/mol. The Kier molecular flexibility index (Phi) is 5.35. The first kappa shape index (κ1) is 18.2. The molecule has 0 spiro atoms. The molecule has 1 rings (SSSR count). The first-order valence-electron chi connectivity index (χ1n) is 5.58. The summed E-state index contributed by atoms with van der Waals surface area (Å²) in [5.74, 6) is -1.37. The van der Waals surface area contributed by atoms with Gasteiger partial charge in [-0.3, -0.25) is 0 Å². The van der Waals surface area contributed by atoms with Gasteiger partial charge in [0, 0.05) is 4.90 Å². The highest BCUT2D eigenvalue weighted by Crippen LogP contribution is 2.43. The molecular weight excluding hydrogens is 336 g/mol. The van der Waals surface area contributed by atoms with Crippen LogP contribution in [0.3, 0.4) is 0 Å². The Morgan fingerprint density at radius 1 is 1.27 bits per heavy atom. The largest absolute Gasteiger partial charge is 0.462 e. The highest BCUT2D eigenvalue weighted by molar-refractivity contribution is 8.00. The standard InChI is InChI=1S/C12H7F6NO2S/c1-2-21-10(20)6-3-4-8(22-12(16,17)18)7(5-19)9(6)11(13,14)15/h3-4H,2H2,1H3. The average molecular weight is 343 g/mol. The van der Waals surface area contributed by atoms with Crippen LogP contribution in [-0.4, -0.2) is 18.1 Å². The number of carbonyl (C=O) groups excluding carboxylic acids is 1. The summed E-state index contributed by atoms with van der Waals surface area (Å²) in [5, 5.41) is 8.81. The molecular formula is C12H7F6NO2S. The molecule has 120 valence electrons. The van der Waals surface area contributed by atoms with Crippen LogP contribution < -0.4 is 0 Å². The molecule has 0 N–H and O–H groups in total. The molecule has 0 aliphatic heterocycles. The van der Waals surface area contributed by atoms with Crippen molar-refractivity contribution in [2.45, 2.75) is 23.5 Å². The zero-order valence-corrected chi connectivity index (χ0v) is 11.6. The van der Waals surface area contributed by atoms with Gasteiger partial charge < -0.3 is 4.74 Å². The molecule has 0 atom stereocenters. The molecule has 0 bridgehead atoms. The summed E-state index contributed by atoms with van der Waals surface area (Å²) in [5.41, 5.74) is -8.87. The van der Waals surface area contributed by atoms with Gasteiger partial charge in [-0.05, 0) is 30.8 Å². The summed E-state index contributed by atoms with van der Waals surface area (Å²) < 4.78 is 80.6. The highest BCUT2D eigenvalue weighted by Gasteiger charge is 2.41. The Morgan fingerprint density at radius 3 is 2.27 bits per heavy atom. The predicted octanol–water partition coefficient (Wildman–Crippen LogP) is 4.37. The summed E-state index contributed by atoms with van der Waals surface area (Å²) >= 11 is -0.859. The van der Waals surface area contributed by atoms with Crippen molar-refractivity contribution in [3.63, 3.8) is 0 Å². The summed E-state index contributed by atoms with van der Waals surface area (Å²) in [6, 6.07) is 2.28. The normalized spacial score (nSPS) is 11.9. The highest BCUT2D eigenvalue weighted by atomic mass is 32.2. The summed E-state index contributed by atoms with van der Waals surface area (Å²) in [6.45, 7) is 1.13. The topological polar surface area (TPSA) is 50.1 Å². The summed E-state index contributed by atoms with van der Waals surface area (Å²) in [7, 11) is 0. The second-order valence-electron chi connectivity index (χ2n) is 3.74. The number of nitrogens with zero attached hydrogens (tertiary/aromatic N) is 1. The molecule has 0 radical (unpaired) electrons. The van der Waals surface area contributed by atoms with Gasteiger partial charge in [-0.2, -0.15) is 31.6 Å². The van der Waals surface area contributed by atoms with E-state index in [-0.39, 0.29) is 6.61 Å². The van der Waals surface area contributed by atoms with Crippen molar-refractivity contribution < 1.29 is 35.9 Å². The molecule has 0 aliphatic carbocycles. The van der Waals surface area contributed by atoms with E-state index in [9.17, 15) is 31.1 Å². The van der Waals surface area contributed by atoms with Crippen molar-refractivity contribution in [3.8, 4) is 6.07 Å². The third kappa shape index (κ3) is 4.30. The van der Waals surface area contributed by atoms with E-state index in [1.54, 1.807) is 0 Å². The number of carbonyl (C=O) groups is 1. The number of esters is 1. The number of ether oxygens (including phenoxy) is 1. The minimum atomic E-state index is -5.19. The zero-order chi connectivity index (χ0) is 17.1. The van der Waals surface area contributed by atoms with E-state index in [0.29, 0.717) is 12.1 Å². The van der Waals surface area contributed by atoms with E-state index in [1.807, 2.05) is 0 Å². The lowest BCUT2D eigenvalue weighted by atomic mass is 10.0. The van der Waals surface area contributed by atoms with Gasteiger partial charge in [0.1, 0.15) is 6.07 Å². The van der Waals surface area contributed by atoms with Crippen molar-refractivity contribution in [2.24, 2.45) is 0 Å². The minimum absolute atomic E-state index is 0.225. The van der Waals surface area contributed by atoms with Gasteiger partial charge in [-0.1, -0.05) is 0 Å². The van der Waals surface area contributed by atoms with E-state index >= 15 is 0 Å². The fourth-order valence-electron chi connectivity index (χ4n) is 1.58. The third-order valence-electron chi connectivity index (χ3n) is 2.28. The summed E-state index contributed by atoms with van der Waals surface area (Å²) in [4.78, 5) is 10.6. The molecule has 1 aromatic rings. The van der Waals surface area contributed by atoms with Crippen LogP contribution in [0.5, 0.6) is 0 Å². The van der Waals surface area contributed by atoms with Crippen molar-refractivity contribution in [3.05, 3.63) is 28.8 Å². The van der Waals surface area contributed by atoms with E-state index in [0.717, 1.165) is 6.07 Å². The number of hydrogen-bond acceptors (Lipinski definition) is 4. The Balaban J connectivity index is 3.59. The first-order valence-corrected chi connectivity index (χ1v) is 6.40. The molecule has 1 aromatic carbocycles. The van der Waals surface area contributed by atoms with Gasteiger partial charge in [0.15, 0.2) is 0 Å². The molecule has 3 nitrogen and oxygen atoms in total. The van der Waals surface area contributed by atoms with Gasteiger partial charge in [-0.15, -0.1) is 0 Å². The van der Waals surface area contributed by atoms with Crippen LogP contribution in [0, 0.1) is 11.3 Å². The van der Waals surface area contributed by atoms with E-state index in [4.69, 9.17) is 5.26 Å². The van der Waals surface area contributed by atoms with Crippen LogP contribution in [-0.2, 0) is 10.9 Å². The molecule has 0 saturated heterocycles. The van der Waals surface area contributed by atoms with Crippen LogP contribution in [0.1, 0.15) is 28.4 Å². The van der Waals surface area contributed by atoms with Crippen molar-refractivity contribution in [1.82, 2.24) is 0 Å². The number of benzene rings is 1. The SMILES string of the molecule is CCOC(=O)c1ccc(SC(F)(F)F)c(C#N)c1C(F)(F)F. The molecule has 22 heavy (non-hydrogen) atoms. The minimum Gasteiger partial charge on any atom is -0.462 e. The molecule has 0 saturated carbocycles. The smallest absolute Gasteiger partial charge is 0.446 e. The van der Waals surface area contributed by atoms with Crippen LogP contribution in [0.15, 0.2) is 17.0 Å². The molecule has 0 unspecified atom stereocenters. The molecule has 0 fully saturated rings. The fourth-order valence-corrected chi connectivity index (χ4v) is 2.21. The van der Waals surface area contributed by atoms with Crippen molar-refractivity contribution in [2.75, 3.05) is 6.61 Å². The van der Waals surface area contributed by atoms with Crippen LogP contribution in [0.2, 0.25) is 0 Å². The molecule has 10 heteroatoms. The number of hydrogen-bond donors (Lipinski definition) is 0. The van der Waals surface area contributed by atoms with Crippen molar-refractivity contribution >= 4 is 17.7 Å². The number of thioether (sulfide) groups is 1. The van der Waals surface area contributed by atoms with Crippen LogP contribution >= 0.6 is 11.8 Å². The lowest BCUT2D eigenvalue weighted by Crippen LogP contribution is -2.18. The quantitative estimate of drug-likeness (QED) is 0.465. The van der Waals surface area contributed by atoms with Gasteiger partial charge in [0.25, 0.3) is 0 Å². The Morgan fingerprint density at radius 2 is 1.86 bits per heavy atom. The Labute approximate surface area is 124 Å². The first-order chi connectivity index (χ1) is 10.0. The van der Waals surface area contributed by atoms with Crippen LogP contribution in [0.4, 0.5) is 26.3 Å². The Hall–Kier alpha value is -1.89. The third-order valence-corrected chi connectivity index (χ3v) is 3.07. The predicted molar refractivity (Wildman–Crippen MR) is 64.0 cm³/mol. The molecule has 0 amide bonds. The fraction of sp³-hybridized carbons (Fsp3) is 0.333. The van der Waals surface area contributed by atoms with E-state index in [2.05, 4.69) is 4.74 Å². The van der Waals surface area contributed by atoms with Gasteiger partial charge in [0.05, 0.1) is 23.3 Å². The second kappa shape index (κ2) is 6.48. The number of alkyl halides is 6. The number of rotatable bonds is 3. The second-order valence-corrected chi connectivity index (χ2v) is 4.85. The molecule has 0 aromatic heterocycles. The maximum atomic E-state index is 13.1. The summed E-state index contributed by atoms with van der Waals surface area (Å²) in [6.07, 6.45) is -5.19. The average Bonchev–Trinajstić information content (AvgIpc) is 2.35. The number of nitriles is 1.